The number of aromatic carboxylic acids is 1. The van der Waals surface area contributed by atoms with E-state index in [9.17, 15) is 4.79 Å². The lowest BCUT2D eigenvalue weighted by Crippen LogP contribution is -2.10. The molecule has 18 heavy (non-hydrogen) atoms. The maximum atomic E-state index is 11.2. The van der Waals surface area contributed by atoms with E-state index in [1.165, 1.54) is 12.1 Å². The van der Waals surface area contributed by atoms with Gasteiger partial charge in [0.25, 0.3) is 0 Å². The van der Waals surface area contributed by atoms with Crippen molar-refractivity contribution in [2.45, 2.75) is 19.8 Å². The number of carbonyl (C=O) groups is 1. The molecule has 0 radical (unpaired) electrons. The van der Waals surface area contributed by atoms with Crippen molar-refractivity contribution in [3.05, 3.63) is 41.1 Å². The van der Waals surface area contributed by atoms with Crippen LogP contribution in [-0.2, 0) is 6.42 Å². The van der Waals surface area contributed by atoms with Crippen LogP contribution in [0.5, 0.6) is 0 Å². The quantitative estimate of drug-likeness (QED) is 0.863. The molecule has 0 amide bonds. The van der Waals surface area contributed by atoms with Gasteiger partial charge in [-0.25, -0.2) is 14.8 Å². The molecule has 0 saturated carbocycles. The van der Waals surface area contributed by atoms with Crippen molar-refractivity contribution in [1.82, 2.24) is 14.5 Å². The van der Waals surface area contributed by atoms with E-state index >= 15 is 0 Å². The normalized spacial score (nSPS) is 10.6. The van der Waals surface area contributed by atoms with Crippen molar-refractivity contribution in [3.8, 4) is 5.82 Å². The Morgan fingerprint density at radius 2 is 2.28 bits per heavy atom. The number of aromatic nitrogens is 3. The number of rotatable bonds is 4. The van der Waals surface area contributed by atoms with Crippen molar-refractivity contribution >= 4 is 17.6 Å². The smallest absolute Gasteiger partial charge is 0.339 e. The van der Waals surface area contributed by atoms with Gasteiger partial charge in [0, 0.05) is 18.8 Å². The summed E-state index contributed by atoms with van der Waals surface area (Å²) in [6.07, 6.45) is 4.98. The highest BCUT2D eigenvalue weighted by Gasteiger charge is 2.16. The number of hydrogen-bond donors (Lipinski definition) is 1. The van der Waals surface area contributed by atoms with Gasteiger partial charge in [0.05, 0.1) is 0 Å². The summed E-state index contributed by atoms with van der Waals surface area (Å²) < 4.78 is 1.67. The van der Waals surface area contributed by atoms with Crippen LogP contribution in [0.15, 0.2) is 24.5 Å². The number of carboxylic acid groups (broad SMARTS) is 1. The second-order valence-corrected chi connectivity index (χ2v) is 4.16. The third-order valence-electron chi connectivity index (χ3n) is 2.49. The first kappa shape index (κ1) is 12.6. The summed E-state index contributed by atoms with van der Waals surface area (Å²) in [5.74, 6) is 0.0380. The average Bonchev–Trinajstić information content (AvgIpc) is 2.77. The number of imidazole rings is 1. The monoisotopic (exact) mass is 265 g/mol. The molecule has 2 rings (SSSR count). The fourth-order valence-corrected chi connectivity index (χ4v) is 1.85. The minimum absolute atomic E-state index is 0.106. The Morgan fingerprint density at radius 1 is 1.50 bits per heavy atom. The molecular formula is C12H12ClN3O2. The van der Waals surface area contributed by atoms with E-state index in [4.69, 9.17) is 16.7 Å². The van der Waals surface area contributed by atoms with Crippen LogP contribution in [0.2, 0.25) is 5.15 Å². The second kappa shape index (κ2) is 5.18. The number of hydrogen-bond acceptors (Lipinski definition) is 3. The van der Waals surface area contributed by atoms with Crippen LogP contribution in [0.4, 0.5) is 0 Å². The largest absolute Gasteiger partial charge is 0.478 e. The molecule has 0 aliphatic rings. The zero-order valence-electron chi connectivity index (χ0n) is 9.80. The van der Waals surface area contributed by atoms with E-state index in [0.29, 0.717) is 5.82 Å². The van der Waals surface area contributed by atoms with Gasteiger partial charge in [0.2, 0.25) is 0 Å². The molecule has 2 heterocycles. The Bertz CT molecular complexity index is 580. The summed E-state index contributed by atoms with van der Waals surface area (Å²) in [6.45, 7) is 2.03. The first-order chi connectivity index (χ1) is 8.63. The molecular weight excluding hydrogens is 254 g/mol. The maximum Gasteiger partial charge on any atom is 0.339 e. The molecule has 0 aliphatic heterocycles. The molecule has 2 aromatic rings. The topological polar surface area (TPSA) is 68.0 Å². The molecule has 0 fully saturated rings. The van der Waals surface area contributed by atoms with E-state index in [0.717, 1.165) is 18.7 Å². The zero-order chi connectivity index (χ0) is 13.1. The van der Waals surface area contributed by atoms with Crippen molar-refractivity contribution < 1.29 is 9.90 Å². The maximum absolute atomic E-state index is 11.2. The summed E-state index contributed by atoms with van der Waals surface area (Å²) in [5.41, 5.74) is 0.106. The summed E-state index contributed by atoms with van der Waals surface area (Å²) >= 11 is 5.83. The molecule has 1 N–H and O–H groups in total. The highest BCUT2D eigenvalue weighted by molar-refractivity contribution is 6.29. The summed E-state index contributed by atoms with van der Waals surface area (Å²) in [6, 6.07) is 2.91. The van der Waals surface area contributed by atoms with Crippen LogP contribution in [-0.4, -0.2) is 25.6 Å². The van der Waals surface area contributed by atoms with Crippen molar-refractivity contribution in [3.63, 3.8) is 0 Å². The molecule has 0 aromatic carbocycles. The van der Waals surface area contributed by atoms with Gasteiger partial charge < -0.3 is 5.11 Å². The Morgan fingerprint density at radius 3 is 2.94 bits per heavy atom. The first-order valence-corrected chi connectivity index (χ1v) is 5.93. The van der Waals surface area contributed by atoms with Gasteiger partial charge >= 0.3 is 5.97 Å². The minimum atomic E-state index is -1.04. The van der Waals surface area contributed by atoms with E-state index in [1.807, 2.05) is 6.92 Å². The van der Waals surface area contributed by atoms with E-state index in [1.54, 1.807) is 17.0 Å². The highest BCUT2D eigenvalue weighted by Crippen LogP contribution is 2.18. The molecule has 0 atom stereocenters. The van der Waals surface area contributed by atoms with Gasteiger partial charge in [-0.2, -0.15) is 0 Å². The fourth-order valence-electron chi connectivity index (χ4n) is 1.71. The number of aryl methyl sites for hydroxylation is 1. The lowest BCUT2D eigenvalue weighted by atomic mass is 10.2. The molecule has 0 aliphatic carbocycles. The SMILES string of the molecule is CCCc1nccn1-c1nc(Cl)ccc1C(=O)O. The third-order valence-corrected chi connectivity index (χ3v) is 2.70. The number of pyridine rings is 1. The lowest BCUT2D eigenvalue weighted by molar-refractivity contribution is 0.0696. The number of carboxylic acids is 1. The van der Waals surface area contributed by atoms with Gasteiger partial charge in [0.1, 0.15) is 16.5 Å². The predicted octanol–water partition coefficient (Wildman–Crippen LogP) is 2.57. The molecule has 0 bridgehead atoms. The van der Waals surface area contributed by atoms with Crippen molar-refractivity contribution in [2.24, 2.45) is 0 Å². The van der Waals surface area contributed by atoms with Crippen LogP contribution in [0.25, 0.3) is 5.82 Å². The van der Waals surface area contributed by atoms with Gasteiger partial charge in [-0.05, 0) is 18.6 Å². The third kappa shape index (κ3) is 2.36. The average molecular weight is 266 g/mol. The molecule has 0 spiro atoms. The summed E-state index contributed by atoms with van der Waals surface area (Å²) in [4.78, 5) is 19.5. The molecule has 2 aromatic heterocycles. The number of halogens is 1. The fraction of sp³-hybridized carbons (Fsp3) is 0.250. The molecule has 0 unspecified atom stereocenters. The molecule has 0 saturated heterocycles. The molecule has 6 heteroatoms. The van der Waals surface area contributed by atoms with Gasteiger partial charge in [-0.1, -0.05) is 18.5 Å². The lowest BCUT2D eigenvalue weighted by Gasteiger charge is -2.09. The van der Waals surface area contributed by atoms with Crippen LogP contribution in [0, 0.1) is 0 Å². The second-order valence-electron chi connectivity index (χ2n) is 3.77. The Kier molecular flexibility index (Phi) is 3.62. The van der Waals surface area contributed by atoms with Crippen molar-refractivity contribution in [1.29, 1.82) is 0 Å². The van der Waals surface area contributed by atoms with E-state index in [-0.39, 0.29) is 10.7 Å². The van der Waals surface area contributed by atoms with Crippen LogP contribution in [0.3, 0.4) is 0 Å². The van der Waals surface area contributed by atoms with E-state index in [2.05, 4.69) is 9.97 Å². The Labute approximate surface area is 109 Å². The van der Waals surface area contributed by atoms with Crippen molar-refractivity contribution in [2.75, 3.05) is 0 Å². The Balaban J connectivity index is 2.58. The van der Waals surface area contributed by atoms with Crippen LogP contribution in [0.1, 0.15) is 29.5 Å². The van der Waals surface area contributed by atoms with Crippen LogP contribution < -0.4 is 0 Å². The highest BCUT2D eigenvalue weighted by atomic mass is 35.5. The predicted molar refractivity (Wildman–Crippen MR) is 67.3 cm³/mol. The first-order valence-electron chi connectivity index (χ1n) is 5.56. The van der Waals surface area contributed by atoms with Gasteiger partial charge in [0.15, 0.2) is 5.82 Å². The van der Waals surface area contributed by atoms with Gasteiger partial charge in [-0.3, -0.25) is 4.57 Å². The summed E-state index contributed by atoms with van der Waals surface area (Å²) in [7, 11) is 0. The molecule has 94 valence electrons. The summed E-state index contributed by atoms with van der Waals surface area (Å²) in [5, 5.41) is 9.42. The number of nitrogens with zero attached hydrogens (tertiary/aromatic N) is 3. The van der Waals surface area contributed by atoms with Crippen LogP contribution >= 0.6 is 11.6 Å². The minimum Gasteiger partial charge on any atom is -0.478 e. The van der Waals surface area contributed by atoms with Gasteiger partial charge in [-0.15, -0.1) is 0 Å². The standard InChI is InChI=1S/C12H12ClN3O2/c1-2-3-10-14-6-7-16(10)11-8(12(17)18)4-5-9(13)15-11/h4-7H,2-3H2,1H3,(H,17,18). The Hall–Kier alpha value is -1.88. The molecule has 5 nitrogen and oxygen atoms in total. The zero-order valence-corrected chi connectivity index (χ0v) is 10.6. The van der Waals surface area contributed by atoms with E-state index < -0.39 is 5.97 Å².